The monoisotopic (exact) mass is 214 g/mol. The van der Waals surface area contributed by atoms with Crippen molar-refractivity contribution in [1.29, 1.82) is 0 Å². The summed E-state index contributed by atoms with van der Waals surface area (Å²) in [5.41, 5.74) is -0.419. The van der Waals surface area contributed by atoms with Crippen molar-refractivity contribution in [1.82, 2.24) is 10.6 Å². The van der Waals surface area contributed by atoms with E-state index in [0.717, 1.165) is 19.5 Å². The molecule has 0 radical (unpaired) electrons. The Morgan fingerprint density at radius 2 is 2.20 bits per heavy atom. The zero-order valence-electron chi connectivity index (χ0n) is 10.1. The van der Waals surface area contributed by atoms with E-state index in [-0.39, 0.29) is 12.2 Å². The maximum atomic E-state index is 11.6. The summed E-state index contributed by atoms with van der Waals surface area (Å²) in [7, 11) is 0. The minimum absolute atomic E-state index is 0.124. The number of nitrogens with one attached hydrogen (secondary N) is 2. The predicted octanol–water partition coefficient (Wildman–Crippen LogP) is 0.873. The molecule has 0 aromatic rings. The lowest BCUT2D eigenvalue weighted by Crippen LogP contribution is -2.33. The molecule has 0 spiro atoms. The van der Waals surface area contributed by atoms with Gasteiger partial charge < -0.3 is 10.1 Å². The number of hydrogen-bond acceptors (Lipinski definition) is 4. The Labute approximate surface area is 91.8 Å². The van der Waals surface area contributed by atoms with Crippen LogP contribution in [0.2, 0.25) is 0 Å². The lowest BCUT2D eigenvalue weighted by molar-refractivity contribution is -0.159. The molecule has 0 aromatic carbocycles. The number of likely N-dealkylation sites (N-methyl/N-ethyl adjacent to an activating group) is 1. The third kappa shape index (κ3) is 3.80. The Balaban J connectivity index is 2.33. The van der Waals surface area contributed by atoms with Crippen LogP contribution in [0.15, 0.2) is 0 Å². The fraction of sp³-hybridized carbons (Fsp3) is 0.909. The largest absolute Gasteiger partial charge is 0.446 e. The number of carbonyl (C=O) groups excluding carboxylic acids is 1. The second-order valence-electron chi connectivity index (χ2n) is 5.04. The average molecular weight is 214 g/mol. The average Bonchev–Trinajstić information content (AvgIpc) is 2.51. The number of hydrogen-bond donors (Lipinski definition) is 2. The van der Waals surface area contributed by atoms with Gasteiger partial charge in [0.05, 0.1) is 5.41 Å². The Kier molecular flexibility index (Phi) is 4.11. The van der Waals surface area contributed by atoms with Crippen LogP contribution in [0.25, 0.3) is 0 Å². The molecule has 1 fully saturated rings. The highest BCUT2D eigenvalue weighted by atomic mass is 16.6. The summed E-state index contributed by atoms with van der Waals surface area (Å²) in [5, 5.41) is 6.52. The molecule has 1 aliphatic heterocycles. The highest BCUT2D eigenvalue weighted by molar-refractivity contribution is 5.75. The van der Waals surface area contributed by atoms with Gasteiger partial charge in [-0.1, -0.05) is 6.92 Å². The van der Waals surface area contributed by atoms with E-state index in [1.54, 1.807) is 0 Å². The van der Waals surface area contributed by atoms with Gasteiger partial charge in [0.25, 0.3) is 0 Å². The van der Waals surface area contributed by atoms with Gasteiger partial charge in [-0.3, -0.25) is 10.1 Å². The van der Waals surface area contributed by atoms with Crippen LogP contribution in [-0.4, -0.2) is 31.3 Å². The molecule has 1 rings (SSSR count). The van der Waals surface area contributed by atoms with Crippen molar-refractivity contribution in [3.05, 3.63) is 0 Å². The van der Waals surface area contributed by atoms with Gasteiger partial charge in [-0.05, 0) is 27.3 Å². The van der Waals surface area contributed by atoms with Gasteiger partial charge in [0.15, 0.2) is 6.23 Å². The van der Waals surface area contributed by atoms with E-state index in [2.05, 4.69) is 17.6 Å². The first-order chi connectivity index (χ1) is 6.93. The Hall–Kier alpha value is -0.610. The van der Waals surface area contributed by atoms with Crippen LogP contribution in [0, 0.1) is 5.41 Å². The van der Waals surface area contributed by atoms with Crippen molar-refractivity contribution >= 4 is 5.97 Å². The zero-order chi connectivity index (χ0) is 11.5. The van der Waals surface area contributed by atoms with Gasteiger partial charge in [0, 0.05) is 19.0 Å². The van der Waals surface area contributed by atoms with Crippen LogP contribution in [-0.2, 0) is 9.53 Å². The first-order valence-electron chi connectivity index (χ1n) is 5.61. The van der Waals surface area contributed by atoms with E-state index < -0.39 is 5.41 Å². The Morgan fingerprint density at radius 3 is 2.73 bits per heavy atom. The standard InChI is InChI=1S/C11H22N2O2/c1-5-12-8-6-9(13-7-8)15-10(14)11(2,3)4/h8-9,12-13H,5-7H2,1-4H3/t8-,9?/m0/s1. The molecule has 2 atom stereocenters. The van der Waals surface area contributed by atoms with Crippen molar-refractivity contribution in [3.8, 4) is 0 Å². The normalized spacial score (nSPS) is 26.7. The SMILES string of the molecule is CCN[C@@H]1CNC(OC(=O)C(C)(C)C)C1. The highest BCUT2D eigenvalue weighted by Gasteiger charge is 2.30. The van der Waals surface area contributed by atoms with Crippen LogP contribution in [0.1, 0.15) is 34.1 Å². The summed E-state index contributed by atoms with van der Waals surface area (Å²) < 4.78 is 5.36. The molecule has 1 unspecified atom stereocenters. The molecule has 1 heterocycles. The van der Waals surface area contributed by atoms with Crippen LogP contribution >= 0.6 is 0 Å². The van der Waals surface area contributed by atoms with Gasteiger partial charge in [-0.25, -0.2) is 0 Å². The molecule has 0 saturated carbocycles. The quantitative estimate of drug-likeness (QED) is 0.685. The van der Waals surface area contributed by atoms with Gasteiger partial charge >= 0.3 is 5.97 Å². The van der Waals surface area contributed by atoms with Crippen molar-refractivity contribution < 1.29 is 9.53 Å². The first kappa shape index (κ1) is 12.5. The van der Waals surface area contributed by atoms with E-state index in [1.807, 2.05) is 20.8 Å². The van der Waals surface area contributed by atoms with Gasteiger partial charge in [-0.15, -0.1) is 0 Å². The second kappa shape index (κ2) is 4.94. The molecule has 0 bridgehead atoms. The number of carbonyl (C=O) groups is 1. The summed E-state index contributed by atoms with van der Waals surface area (Å²) in [6, 6.07) is 0.424. The third-order valence-electron chi connectivity index (χ3n) is 2.44. The van der Waals surface area contributed by atoms with Gasteiger partial charge in [0.2, 0.25) is 0 Å². The Morgan fingerprint density at radius 1 is 1.53 bits per heavy atom. The fourth-order valence-corrected chi connectivity index (χ4v) is 1.54. The maximum Gasteiger partial charge on any atom is 0.312 e. The lowest BCUT2D eigenvalue weighted by atomic mass is 9.97. The summed E-state index contributed by atoms with van der Waals surface area (Å²) in [6.45, 7) is 9.50. The van der Waals surface area contributed by atoms with Crippen LogP contribution in [0.4, 0.5) is 0 Å². The minimum atomic E-state index is -0.419. The molecule has 0 aliphatic carbocycles. The van der Waals surface area contributed by atoms with Crippen molar-refractivity contribution in [3.63, 3.8) is 0 Å². The number of esters is 1. The fourth-order valence-electron chi connectivity index (χ4n) is 1.54. The molecular formula is C11H22N2O2. The van der Waals surface area contributed by atoms with E-state index in [4.69, 9.17) is 4.74 Å². The van der Waals surface area contributed by atoms with Crippen molar-refractivity contribution in [2.24, 2.45) is 5.41 Å². The van der Waals surface area contributed by atoms with E-state index in [1.165, 1.54) is 0 Å². The molecule has 2 N–H and O–H groups in total. The minimum Gasteiger partial charge on any atom is -0.446 e. The molecule has 4 nitrogen and oxygen atoms in total. The Bertz CT molecular complexity index is 223. The first-order valence-corrected chi connectivity index (χ1v) is 5.61. The molecular weight excluding hydrogens is 192 g/mol. The summed E-state index contributed by atoms with van der Waals surface area (Å²) in [6.07, 6.45) is 0.733. The van der Waals surface area contributed by atoms with Crippen LogP contribution < -0.4 is 10.6 Å². The number of ether oxygens (including phenoxy) is 1. The summed E-state index contributed by atoms with van der Waals surface area (Å²) >= 11 is 0. The zero-order valence-corrected chi connectivity index (χ0v) is 10.1. The van der Waals surface area contributed by atoms with Crippen LogP contribution in [0.3, 0.4) is 0 Å². The molecule has 0 aromatic heterocycles. The summed E-state index contributed by atoms with van der Waals surface area (Å²) in [4.78, 5) is 11.6. The van der Waals surface area contributed by atoms with Crippen LogP contribution in [0.5, 0.6) is 0 Å². The predicted molar refractivity (Wildman–Crippen MR) is 59.4 cm³/mol. The molecule has 1 aliphatic rings. The smallest absolute Gasteiger partial charge is 0.312 e. The van der Waals surface area contributed by atoms with E-state index in [0.29, 0.717) is 6.04 Å². The third-order valence-corrected chi connectivity index (χ3v) is 2.44. The highest BCUT2D eigenvalue weighted by Crippen LogP contribution is 2.18. The second-order valence-corrected chi connectivity index (χ2v) is 5.04. The summed E-state index contributed by atoms with van der Waals surface area (Å²) in [5.74, 6) is -0.142. The lowest BCUT2D eigenvalue weighted by Gasteiger charge is -2.20. The topological polar surface area (TPSA) is 50.4 Å². The maximum absolute atomic E-state index is 11.6. The van der Waals surface area contributed by atoms with Gasteiger partial charge in [-0.2, -0.15) is 0 Å². The molecule has 88 valence electrons. The molecule has 15 heavy (non-hydrogen) atoms. The number of rotatable bonds is 3. The van der Waals surface area contributed by atoms with Crippen molar-refractivity contribution in [2.45, 2.75) is 46.4 Å². The molecule has 1 saturated heterocycles. The van der Waals surface area contributed by atoms with Gasteiger partial charge in [0.1, 0.15) is 0 Å². The van der Waals surface area contributed by atoms with E-state index in [9.17, 15) is 4.79 Å². The van der Waals surface area contributed by atoms with E-state index >= 15 is 0 Å². The molecule has 0 amide bonds. The van der Waals surface area contributed by atoms with Crippen molar-refractivity contribution in [2.75, 3.05) is 13.1 Å². The molecule has 4 heteroatoms.